The molecule has 1 N–H and O–H groups in total. The number of thiazole rings is 1. The molecule has 0 saturated carbocycles. The predicted octanol–water partition coefficient (Wildman–Crippen LogP) is 1.61. The van der Waals surface area contributed by atoms with Crippen molar-refractivity contribution in [3.8, 4) is 0 Å². The van der Waals surface area contributed by atoms with Crippen LogP contribution in [0.3, 0.4) is 0 Å². The first-order valence-corrected chi connectivity index (χ1v) is 4.02. The molecule has 54 valence electrons. The molecule has 0 radical (unpaired) electrons. The Morgan fingerprint density at radius 1 is 1.80 bits per heavy atom. The number of hydrogen-bond donors (Lipinski definition) is 1. The molecule has 0 aliphatic heterocycles. The first kappa shape index (κ1) is 7.28. The van der Waals surface area contributed by atoms with E-state index in [0.29, 0.717) is 4.80 Å². The Bertz CT molecular complexity index is 269. The van der Waals surface area contributed by atoms with Gasteiger partial charge in [-0.2, -0.15) is 0 Å². The Kier molecular flexibility index (Phi) is 2.45. The van der Waals surface area contributed by atoms with Gasteiger partial charge in [0.15, 0.2) is 4.80 Å². The van der Waals surface area contributed by atoms with Crippen LogP contribution in [0, 0.1) is 5.41 Å². The third-order valence-electron chi connectivity index (χ3n) is 1.22. The molecule has 0 spiro atoms. The number of aromatic nitrogens is 1. The second-order valence-electron chi connectivity index (χ2n) is 1.93. The second kappa shape index (κ2) is 3.37. The number of rotatable bonds is 2. The monoisotopic (exact) mass is 154 g/mol. The van der Waals surface area contributed by atoms with Crippen molar-refractivity contribution in [1.82, 2.24) is 4.57 Å². The average molecular weight is 154 g/mol. The van der Waals surface area contributed by atoms with Crippen LogP contribution in [-0.2, 0) is 6.54 Å². The van der Waals surface area contributed by atoms with Gasteiger partial charge in [0.1, 0.15) is 0 Å². The van der Waals surface area contributed by atoms with Crippen LogP contribution in [0.1, 0.15) is 6.92 Å². The van der Waals surface area contributed by atoms with E-state index in [2.05, 4.69) is 0 Å². The SMILES string of the molecule is CC=CCn1ccsc1=N. The summed E-state index contributed by atoms with van der Waals surface area (Å²) in [6.07, 6.45) is 5.95. The maximum atomic E-state index is 7.38. The summed E-state index contributed by atoms with van der Waals surface area (Å²) in [5.41, 5.74) is 0. The van der Waals surface area contributed by atoms with Gasteiger partial charge in [0, 0.05) is 18.1 Å². The van der Waals surface area contributed by atoms with E-state index in [0.717, 1.165) is 6.54 Å². The normalized spacial score (nSPS) is 10.9. The summed E-state index contributed by atoms with van der Waals surface area (Å²) >= 11 is 1.45. The lowest BCUT2D eigenvalue weighted by Gasteiger charge is -1.92. The minimum absolute atomic E-state index is 0.609. The lowest BCUT2D eigenvalue weighted by atomic mass is 10.5. The summed E-state index contributed by atoms with van der Waals surface area (Å²) in [4.78, 5) is 0.609. The highest BCUT2D eigenvalue weighted by Gasteiger charge is 1.86. The van der Waals surface area contributed by atoms with Crippen LogP contribution in [-0.4, -0.2) is 4.57 Å². The quantitative estimate of drug-likeness (QED) is 0.627. The molecule has 1 heterocycles. The highest BCUT2D eigenvalue weighted by molar-refractivity contribution is 7.06. The maximum absolute atomic E-state index is 7.38. The van der Waals surface area contributed by atoms with Crippen LogP contribution in [0.2, 0.25) is 0 Å². The van der Waals surface area contributed by atoms with Crippen molar-refractivity contribution >= 4 is 11.3 Å². The Morgan fingerprint density at radius 3 is 3.10 bits per heavy atom. The zero-order chi connectivity index (χ0) is 7.40. The van der Waals surface area contributed by atoms with Gasteiger partial charge in [0.25, 0.3) is 0 Å². The molecule has 1 aromatic heterocycles. The van der Waals surface area contributed by atoms with Gasteiger partial charge in [0.2, 0.25) is 0 Å². The topological polar surface area (TPSA) is 28.8 Å². The first-order valence-electron chi connectivity index (χ1n) is 3.14. The second-order valence-corrected chi connectivity index (χ2v) is 2.82. The van der Waals surface area contributed by atoms with Gasteiger partial charge in [-0.25, -0.2) is 0 Å². The van der Waals surface area contributed by atoms with E-state index in [4.69, 9.17) is 5.41 Å². The molecular weight excluding hydrogens is 144 g/mol. The van der Waals surface area contributed by atoms with Gasteiger partial charge in [-0.15, -0.1) is 11.3 Å². The molecule has 1 aromatic rings. The first-order chi connectivity index (χ1) is 4.84. The molecule has 0 atom stereocenters. The molecule has 10 heavy (non-hydrogen) atoms. The molecule has 0 fully saturated rings. The third-order valence-corrected chi connectivity index (χ3v) is 1.93. The summed E-state index contributed by atoms with van der Waals surface area (Å²) in [7, 11) is 0. The van der Waals surface area contributed by atoms with Gasteiger partial charge in [0.05, 0.1) is 0 Å². The van der Waals surface area contributed by atoms with Crippen molar-refractivity contribution in [3.05, 3.63) is 28.5 Å². The minimum atomic E-state index is 0.609. The van der Waals surface area contributed by atoms with Gasteiger partial charge >= 0.3 is 0 Å². The van der Waals surface area contributed by atoms with Crippen LogP contribution >= 0.6 is 11.3 Å². The van der Waals surface area contributed by atoms with Crippen molar-refractivity contribution in [2.75, 3.05) is 0 Å². The highest BCUT2D eigenvalue weighted by Crippen LogP contribution is 1.88. The zero-order valence-electron chi connectivity index (χ0n) is 5.87. The largest absolute Gasteiger partial charge is 0.320 e. The molecule has 0 saturated heterocycles. The van der Waals surface area contributed by atoms with Crippen molar-refractivity contribution in [2.45, 2.75) is 13.5 Å². The van der Waals surface area contributed by atoms with Crippen LogP contribution < -0.4 is 4.80 Å². The molecule has 0 aromatic carbocycles. The van der Waals surface area contributed by atoms with Crippen LogP contribution in [0.4, 0.5) is 0 Å². The number of nitrogens with one attached hydrogen (secondary N) is 1. The van der Waals surface area contributed by atoms with E-state index in [-0.39, 0.29) is 0 Å². The third kappa shape index (κ3) is 1.57. The van der Waals surface area contributed by atoms with E-state index in [9.17, 15) is 0 Å². The molecule has 3 heteroatoms. The molecular formula is C7H10N2S. The Morgan fingerprint density at radius 2 is 2.60 bits per heavy atom. The molecule has 0 aliphatic carbocycles. The van der Waals surface area contributed by atoms with E-state index in [1.807, 2.05) is 35.2 Å². The molecule has 0 bridgehead atoms. The van der Waals surface area contributed by atoms with Gasteiger partial charge in [-0.3, -0.25) is 5.41 Å². The maximum Gasteiger partial charge on any atom is 0.182 e. The fourth-order valence-corrected chi connectivity index (χ4v) is 1.27. The summed E-state index contributed by atoms with van der Waals surface area (Å²) < 4.78 is 1.89. The van der Waals surface area contributed by atoms with Crippen LogP contribution in [0.25, 0.3) is 0 Å². The van der Waals surface area contributed by atoms with Crippen LogP contribution in [0.15, 0.2) is 23.7 Å². The summed E-state index contributed by atoms with van der Waals surface area (Å²) in [6, 6.07) is 0. The average Bonchev–Trinajstić information content (AvgIpc) is 2.31. The smallest absolute Gasteiger partial charge is 0.182 e. The molecule has 0 unspecified atom stereocenters. The van der Waals surface area contributed by atoms with E-state index < -0.39 is 0 Å². The fourth-order valence-electron chi connectivity index (χ4n) is 0.666. The summed E-state index contributed by atoms with van der Waals surface area (Å²) in [5, 5.41) is 9.30. The van der Waals surface area contributed by atoms with Crippen LogP contribution in [0.5, 0.6) is 0 Å². The summed E-state index contributed by atoms with van der Waals surface area (Å²) in [5.74, 6) is 0. The zero-order valence-corrected chi connectivity index (χ0v) is 6.69. The van der Waals surface area contributed by atoms with E-state index in [1.54, 1.807) is 0 Å². The van der Waals surface area contributed by atoms with E-state index in [1.165, 1.54) is 11.3 Å². The number of hydrogen-bond acceptors (Lipinski definition) is 2. The summed E-state index contributed by atoms with van der Waals surface area (Å²) in [6.45, 7) is 2.80. The van der Waals surface area contributed by atoms with E-state index >= 15 is 0 Å². The van der Waals surface area contributed by atoms with Crippen molar-refractivity contribution in [3.63, 3.8) is 0 Å². The molecule has 0 amide bonds. The molecule has 1 rings (SSSR count). The number of allylic oxidation sites excluding steroid dienone is 2. The van der Waals surface area contributed by atoms with Crippen molar-refractivity contribution in [1.29, 1.82) is 5.41 Å². The Hall–Kier alpha value is -0.830. The Labute approximate surface area is 64.0 Å². The Balaban J connectivity index is 2.75. The molecule has 0 aliphatic rings. The van der Waals surface area contributed by atoms with Crippen molar-refractivity contribution in [2.24, 2.45) is 0 Å². The molecule has 2 nitrogen and oxygen atoms in total. The van der Waals surface area contributed by atoms with Gasteiger partial charge < -0.3 is 4.57 Å². The number of nitrogens with zero attached hydrogens (tertiary/aromatic N) is 1. The lowest BCUT2D eigenvalue weighted by molar-refractivity contribution is 0.778. The lowest BCUT2D eigenvalue weighted by Crippen LogP contribution is -2.10. The predicted molar refractivity (Wildman–Crippen MR) is 43.0 cm³/mol. The fraction of sp³-hybridized carbons (Fsp3) is 0.286. The van der Waals surface area contributed by atoms with Gasteiger partial charge in [-0.05, 0) is 6.92 Å². The standard InChI is InChI=1S/C7H10N2S/c1-2-3-4-9-5-6-10-7(9)8/h2-3,5-6,8H,4H2,1H3. The minimum Gasteiger partial charge on any atom is -0.320 e. The van der Waals surface area contributed by atoms with Crippen molar-refractivity contribution < 1.29 is 0 Å². The highest BCUT2D eigenvalue weighted by atomic mass is 32.1. The van der Waals surface area contributed by atoms with Gasteiger partial charge in [-0.1, -0.05) is 12.2 Å².